The van der Waals surface area contributed by atoms with Crippen LogP contribution in [0.25, 0.3) is 11.4 Å². The van der Waals surface area contributed by atoms with E-state index in [9.17, 15) is 4.79 Å². The van der Waals surface area contributed by atoms with Gasteiger partial charge in [0.1, 0.15) is 5.75 Å². The van der Waals surface area contributed by atoms with Crippen molar-refractivity contribution in [3.8, 4) is 17.1 Å². The average Bonchev–Trinajstić information content (AvgIpc) is 3.15. The van der Waals surface area contributed by atoms with Gasteiger partial charge in [0.25, 0.3) is 0 Å². The summed E-state index contributed by atoms with van der Waals surface area (Å²) in [4.78, 5) is 14.4. The van der Waals surface area contributed by atoms with Crippen molar-refractivity contribution in [3.63, 3.8) is 0 Å². The van der Waals surface area contributed by atoms with Crippen molar-refractivity contribution in [2.75, 3.05) is 37.2 Å². The number of hydrogen-bond acceptors (Lipinski definition) is 6. The van der Waals surface area contributed by atoms with Crippen LogP contribution in [0.1, 0.15) is 6.92 Å². The number of aromatic nitrogens is 3. The van der Waals surface area contributed by atoms with Crippen LogP contribution in [-0.4, -0.2) is 47.6 Å². The Morgan fingerprint density at radius 3 is 2.52 bits per heavy atom. The minimum atomic E-state index is -0.0860. The molecule has 0 aliphatic carbocycles. The lowest BCUT2D eigenvalue weighted by atomic mass is 10.2. The van der Waals surface area contributed by atoms with Gasteiger partial charge in [-0.25, -0.2) is 0 Å². The molecule has 8 heteroatoms. The maximum atomic E-state index is 12.4. The van der Waals surface area contributed by atoms with Crippen molar-refractivity contribution >= 4 is 29.0 Å². The first-order valence-corrected chi connectivity index (χ1v) is 10.3. The Bertz CT molecular complexity index is 969. The first-order chi connectivity index (χ1) is 14.0. The average molecular weight is 412 g/mol. The topological polar surface area (TPSA) is 72.3 Å². The summed E-state index contributed by atoms with van der Waals surface area (Å²) < 4.78 is 7.43. The van der Waals surface area contributed by atoms with Gasteiger partial charge in [0, 0.05) is 32.0 Å². The normalized spacial score (nSPS) is 10.6. The van der Waals surface area contributed by atoms with E-state index in [0.717, 1.165) is 28.5 Å². The van der Waals surface area contributed by atoms with Gasteiger partial charge in [0.05, 0.1) is 18.4 Å². The Morgan fingerprint density at radius 2 is 1.86 bits per heavy atom. The number of rotatable bonds is 8. The van der Waals surface area contributed by atoms with Crippen molar-refractivity contribution < 1.29 is 9.53 Å². The van der Waals surface area contributed by atoms with Crippen LogP contribution in [-0.2, 0) is 11.3 Å². The third-order valence-electron chi connectivity index (χ3n) is 4.38. The number of methoxy groups -OCH3 is 1. The molecular formula is C21H25N5O2S. The second kappa shape index (κ2) is 9.47. The second-order valence-corrected chi connectivity index (χ2v) is 7.47. The Labute approximate surface area is 175 Å². The van der Waals surface area contributed by atoms with Gasteiger partial charge in [-0.05, 0) is 43.3 Å². The SMILES string of the molecule is CCn1c(SCC(=O)Nc2ccc(N(C)C)cc2)nnc1-c1ccccc1OC. The van der Waals surface area contributed by atoms with Gasteiger partial charge in [-0.1, -0.05) is 23.9 Å². The number of para-hydroxylation sites is 1. The van der Waals surface area contributed by atoms with Gasteiger partial charge in [-0.3, -0.25) is 4.79 Å². The molecule has 2 aromatic carbocycles. The summed E-state index contributed by atoms with van der Waals surface area (Å²) in [5.74, 6) is 1.63. The van der Waals surface area contributed by atoms with Crippen LogP contribution in [0.2, 0.25) is 0 Å². The highest BCUT2D eigenvalue weighted by Gasteiger charge is 2.17. The van der Waals surface area contributed by atoms with Gasteiger partial charge in [-0.15, -0.1) is 10.2 Å². The highest BCUT2D eigenvalue weighted by atomic mass is 32.2. The monoisotopic (exact) mass is 411 g/mol. The zero-order valence-electron chi connectivity index (χ0n) is 17.0. The molecule has 0 fully saturated rings. The molecule has 0 aliphatic rings. The summed E-state index contributed by atoms with van der Waals surface area (Å²) in [5.41, 5.74) is 2.73. The smallest absolute Gasteiger partial charge is 0.234 e. The van der Waals surface area contributed by atoms with E-state index in [1.54, 1.807) is 7.11 Å². The predicted octanol–water partition coefficient (Wildman–Crippen LogP) is 3.77. The molecule has 0 radical (unpaired) electrons. The molecule has 0 saturated carbocycles. The number of hydrogen-bond donors (Lipinski definition) is 1. The third kappa shape index (κ3) is 4.89. The summed E-state index contributed by atoms with van der Waals surface area (Å²) >= 11 is 1.36. The molecule has 0 saturated heterocycles. The lowest BCUT2D eigenvalue weighted by molar-refractivity contribution is -0.113. The van der Waals surface area contributed by atoms with Crippen molar-refractivity contribution in [1.82, 2.24) is 14.8 Å². The van der Waals surface area contributed by atoms with Crippen molar-refractivity contribution in [3.05, 3.63) is 48.5 Å². The number of ether oxygens (including phenoxy) is 1. The molecule has 0 spiro atoms. The van der Waals surface area contributed by atoms with Crippen LogP contribution in [0.3, 0.4) is 0 Å². The molecule has 0 unspecified atom stereocenters. The van der Waals surface area contributed by atoms with Crippen LogP contribution < -0.4 is 15.0 Å². The first-order valence-electron chi connectivity index (χ1n) is 9.30. The van der Waals surface area contributed by atoms with Crippen LogP contribution in [0.15, 0.2) is 53.7 Å². The van der Waals surface area contributed by atoms with Crippen molar-refractivity contribution in [2.24, 2.45) is 0 Å². The number of thioether (sulfide) groups is 1. The van der Waals surface area contributed by atoms with Gasteiger partial charge >= 0.3 is 0 Å². The second-order valence-electron chi connectivity index (χ2n) is 6.53. The van der Waals surface area contributed by atoms with E-state index in [2.05, 4.69) is 15.5 Å². The summed E-state index contributed by atoms with van der Waals surface area (Å²) in [7, 11) is 5.59. The quantitative estimate of drug-likeness (QED) is 0.569. The Morgan fingerprint density at radius 1 is 1.14 bits per heavy atom. The largest absolute Gasteiger partial charge is 0.496 e. The molecular weight excluding hydrogens is 386 g/mol. The Hall–Kier alpha value is -3.00. The number of nitrogens with zero attached hydrogens (tertiary/aromatic N) is 4. The van der Waals surface area contributed by atoms with Crippen molar-refractivity contribution in [1.29, 1.82) is 0 Å². The molecule has 152 valence electrons. The van der Waals surface area contributed by atoms with Crippen LogP contribution in [0, 0.1) is 0 Å². The fourth-order valence-electron chi connectivity index (χ4n) is 2.88. The molecule has 3 rings (SSSR count). The maximum Gasteiger partial charge on any atom is 0.234 e. The number of amides is 1. The van der Waals surface area contributed by atoms with E-state index >= 15 is 0 Å². The number of carbonyl (C=O) groups excluding carboxylic acids is 1. The summed E-state index contributed by atoms with van der Waals surface area (Å²) in [6, 6.07) is 15.4. The number of anilines is 2. The van der Waals surface area contributed by atoms with E-state index in [1.165, 1.54) is 11.8 Å². The summed E-state index contributed by atoms with van der Waals surface area (Å²) in [5, 5.41) is 12.2. The molecule has 7 nitrogen and oxygen atoms in total. The highest BCUT2D eigenvalue weighted by molar-refractivity contribution is 7.99. The summed E-state index contributed by atoms with van der Waals surface area (Å²) in [6.07, 6.45) is 0. The Balaban J connectivity index is 1.68. The molecule has 1 N–H and O–H groups in total. The van der Waals surface area contributed by atoms with E-state index in [0.29, 0.717) is 11.7 Å². The lowest BCUT2D eigenvalue weighted by Gasteiger charge is -2.13. The van der Waals surface area contributed by atoms with Crippen LogP contribution in [0.4, 0.5) is 11.4 Å². The van der Waals surface area contributed by atoms with E-state index in [4.69, 9.17) is 4.74 Å². The molecule has 0 atom stereocenters. The molecule has 1 amide bonds. The standard InChI is InChI=1S/C21H25N5O2S/c1-5-26-20(17-8-6-7-9-18(17)28-4)23-24-21(26)29-14-19(27)22-15-10-12-16(13-11-15)25(2)3/h6-13H,5,14H2,1-4H3,(H,22,27). The lowest BCUT2D eigenvalue weighted by Crippen LogP contribution is -2.15. The fraction of sp³-hybridized carbons (Fsp3) is 0.286. The third-order valence-corrected chi connectivity index (χ3v) is 5.35. The molecule has 29 heavy (non-hydrogen) atoms. The van der Waals surface area contributed by atoms with Crippen molar-refractivity contribution in [2.45, 2.75) is 18.6 Å². The molecule has 1 heterocycles. The van der Waals surface area contributed by atoms with Gasteiger partial charge in [0.2, 0.25) is 5.91 Å². The predicted molar refractivity (Wildman–Crippen MR) is 118 cm³/mol. The van der Waals surface area contributed by atoms with Gasteiger partial charge in [-0.2, -0.15) is 0 Å². The van der Waals surface area contributed by atoms with E-state index in [-0.39, 0.29) is 11.7 Å². The first kappa shape index (κ1) is 20.7. The van der Waals surface area contributed by atoms with Crippen LogP contribution in [0.5, 0.6) is 5.75 Å². The zero-order valence-corrected chi connectivity index (χ0v) is 17.9. The minimum absolute atomic E-state index is 0.0860. The van der Waals surface area contributed by atoms with E-state index in [1.807, 2.05) is 79.0 Å². The molecule has 1 aromatic heterocycles. The van der Waals surface area contributed by atoms with E-state index < -0.39 is 0 Å². The number of carbonyl (C=O) groups is 1. The Kier molecular flexibility index (Phi) is 6.77. The maximum absolute atomic E-state index is 12.4. The zero-order chi connectivity index (χ0) is 20.8. The van der Waals surface area contributed by atoms with Crippen LogP contribution >= 0.6 is 11.8 Å². The fourth-order valence-corrected chi connectivity index (χ4v) is 3.68. The minimum Gasteiger partial charge on any atom is -0.496 e. The highest BCUT2D eigenvalue weighted by Crippen LogP contribution is 2.30. The molecule has 3 aromatic rings. The number of nitrogens with one attached hydrogen (secondary N) is 1. The van der Waals surface area contributed by atoms with Gasteiger partial charge in [0.15, 0.2) is 11.0 Å². The van der Waals surface area contributed by atoms with Gasteiger partial charge < -0.3 is 19.5 Å². The number of benzene rings is 2. The summed E-state index contributed by atoms with van der Waals surface area (Å²) in [6.45, 7) is 2.72. The molecule has 0 aliphatic heterocycles. The molecule has 0 bridgehead atoms.